The Bertz CT molecular complexity index is 855. The van der Waals surface area contributed by atoms with Crippen molar-refractivity contribution in [2.24, 2.45) is 0 Å². The van der Waals surface area contributed by atoms with Crippen molar-refractivity contribution in [3.05, 3.63) is 54.6 Å². The molecule has 6 nitrogen and oxygen atoms in total. The van der Waals surface area contributed by atoms with Crippen LogP contribution in [0.15, 0.2) is 58.9 Å². The summed E-state index contributed by atoms with van der Waals surface area (Å²) in [5.74, 6) is 1.41. The molecular formula is C18H18N4O2S2. The van der Waals surface area contributed by atoms with E-state index in [2.05, 4.69) is 20.8 Å². The lowest BCUT2D eigenvalue weighted by Gasteiger charge is -2.04. The van der Waals surface area contributed by atoms with E-state index in [4.69, 9.17) is 4.74 Å². The minimum absolute atomic E-state index is 0.0112. The van der Waals surface area contributed by atoms with Crippen LogP contribution in [0.1, 0.15) is 6.42 Å². The van der Waals surface area contributed by atoms with E-state index in [0.717, 1.165) is 21.5 Å². The third-order valence-electron chi connectivity index (χ3n) is 3.34. The van der Waals surface area contributed by atoms with Crippen molar-refractivity contribution in [1.82, 2.24) is 10.2 Å². The number of carbonyl (C=O) groups is 1. The van der Waals surface area contributed by atoms with Crippen LogP contribution in [0.4, 0.5) is 16.5 Å². The first-order valence-corrected chi connectivity index (χ1v) is 9.75. The topological polar surface area (TPSA) is 76.1 Å². The molecule has 1 heterocycles. The van der Waals surface area contributed by atoms with Crippen molar-refractivity contribution in [3.63, 3.8) is 0 Å². The third kappa shape index (κ3) is 5.47. The summed E-state index contributed by atoms with van der Waals surface area (Å²) < 4.78 is 6.02. The van der Waals surface area contributed by atoms with Crippen LogP contribution in [0.5, 0.6) is 5.75 Å². The van der Waals surface area contributed by atoms with Gasteiger partial charge in [-0.1, -0.05) is 47.4 Å². The predicted octanol–water partition coefficient (Wildman–Crippen LogP) is 4.41. The normalized spacial score (nSPS) is 10.3. The summed E-state index contributed by atoms with van der Waals surface area (Å²) in [6.07, 6.45) is 0.414. The van der Waals surface area contributed by atoms with Crippen molar-refractivity contribution >= 4 is 45.5 Å². The first-order valence-electron chi connectivity index (χ1n) is 7.95. The SMILES string of the molecule is COc1cccc(Nc2nnc(SCCC(=O)Nc3ccccc3)s2)c1. The molecule has 0 fully saturated rings. The Kier molecular flexibility index (Phi) is 6.45. The van der Waals surface area contributed by atoms with Crippen LogP contribution in [-0.2, 0) is 4.79 Å². The van der Waals surface area contributed by atoms with E-state index in [0.29, 0.717) is 17.3 Å². The molecule has 0 unspecified atom stereocenters. The van der Waals surface area contributed by atoms with Crippen LogP contribution < -0.4 is 15.4 Å². The standard InChI is InChI=1S/C18H18N4O2S2/c1-24-15-9-5-8-14(12-15)20-17-21-22-18(26-17)25-11-10-16(23)19-13-6-3-2-4-7-13/h2-9,12H,10-11H2,1H3,(H,19,23)(H,20,21). The van der Waals surface area contributed by atoms with Crippen LogP contribution in [0.2, 0.25) is 0 Å². The summed E-state index contributed by atoms with van der Waals surface area (Å²) in [6, 6.07) is 17.0. The van der Waals surface area contributed by atoms with Gasteiger partial charge in [-0.05, 0) is 24.3 Å². The van der Waals surface area contributed by atoms with Gasteiger partial charge < -0.3 is 15.4 Å². The Morgan fingerprint density at radius 2 is 1.92 bits per heavy atom. The van der Waals surface area contributed by atoms with E-state index in [-0.39, 0.29) is 5.91 Å². The molecule has 2 aromatic carbocycles. The maximum Gasteiger partial charge on any atom is 0.225 e. The lowest BCUT2D eigenvalue weighted by molar-refractivity contribution is -0.115. The number of benzene rings is 2. The lowest BCUT2D eigenvalue weighted by atomic mass is 10.3. The minimum Gasteiger partial charge on any atom is -0.497 e. The highest BCUT2D eigenvalue weighted by Gasteiger charge is 2.08. The Labute approximate surface area is 160 Å². The number of carbonyl (C=O) groups excluding carboxylic acids is 1. The molecule has 8 heteroatoms. The molecule has 0 bridgehead atoms. The monoisotopic (exact) mass is 386 g/mol. The van der Waals surface area contributed by atoms with Gasteiger partial charge in [0.05, 0.1) is 7.11 Å². The molecule has 0 aliphatic rings. The van der Waals surface area contributed by atoms with Crippen LogP contribution in [-0.4, -0.2) is 29.0 Å². The van der Waals surface area contributed by atoms with Crippen LogP contribution >= 0.6 is 23.1 Å². The summed E-state index contributed by atoms with van der Waals surface area (Å²) in [7, 11) is 1.63. The fraction of sp³-hybridized carbons (Fsp3) is 0.167. The molecule has 0 saturated heterocycles. The van der Waals surface area contributed by atoms with Gasteiger partial charge in [-0.3, -0.25) is 4.79 Å². The van der Waals surface area contributed by atoms with Gasteiger partial charge in [0.1, 0.15) is 5.75 Å². The predicted molar refractivity (Wildman–Crippen MR) is 107 cm³/mol. The third-order valence-corrected chi connectivity index (χ3v) is 5.31. The largest absolute Gasteiger partial charge is 0.497 e. The number of para-hydroxylation sites is 1. The second kappa shape index (κ2) is 9.21. The second-order valence-electron chi connectivity index (χ2n) is 5.24. The highest BCUT2D eigenvalue weighted by molar-refractivity contribution is 8.01. The van der Waals surface area contributed by atoms with Crippen LogP contribution in [0.25, 0.3) is 0 Å². The first-order chi connectivity index (χ1) is 12.7. The highest BCUT2D eigenvalue weighted by Crippen LogP contribution is 2.29. The second-order valence-corrected chi connectivity index (χ2v) is 7.56. The molecule has 0 aliphatic heterocycles. The number of nitrogens with zero attached hydrogens (tertiary/aromatic N) is 2. The van der Waals surface area contributed by atoms with Gasteiger partial charge in [0, 0.05) is 29.6 Å². The number of methoxy groups -OCH3 is 1. The van der Waals surface area contributed by atoms with Crippen LogP contribution in [0, 0.1) is 0 Å². The lowest BCUT2D eigenvalue weighted by Crippen LogP contribution is -2.11. The number of amides is 1. The molecule has 0 aliphatic carbocycles. The molecule has 3 aromatic rings. The average molecular weight is 387 g/mol. The molecule has 0 atom stereocenters. The molecule has 0 saturated carbocycles. The molecule has 0 radical (unpaired) electrons. The number of nitrogens with one attached hydrogen (secondary N) is 2. The number of ether oxygens (including phenoxy) is 1. The summed E-state index contributed by atoms with van der Waals surface area (Å²) in [5, 5.41) is 15.0. The zero-order valence-electron chi connectivity index (χ0n) is 14.1. The number of hydrogen-bond acceptors (Lipinski definition) is 7. The summed E-state index contributed by atoms with van der Waals surface area (Å²) in [6.45, 7) is 0. The minimum atomic E-state index is -0.0112. The van der Waals surface area contributed by atoms with Gasteiger partial charge in [0.15, 0.2) is 4.34 Å². The summed E-state index contributed by atoms with van der Waals surface area (Å²) >= 11 is 2.97. The maximum absolute atomic E-state index is 11.9. The van der Waals surface area contributed by atoms with Crippen molar-refractivity contribution < 1.29 is 9.53 Å². The van der Waals surface area contributed by atoms with Crippen molar-refractivity contribution in [2.45, 2.75) is 10.8 Å². The molecule has 26 heavy (non-hydrogen) atoms. The Balaban J connectivity index is 1.45. The number of rotatable bonds is 8. The highest BCUT2D eigenvalue weighted by atomic mass is 32.2. The first kappa shape index (κ1) is 18.2. The number of hydrogen-bond donors (Lipinski definition) is 2. The van der Waals surface area contributed by atoms with Gasteiger partial charge in [-0.2, -0.15) is 0 Å². The fourth-order valence-electron chi connectivity index (χ4n) is 2.12. The quantitative estimate of drug-likeness (QED) is 0.559. The van der Waals surface area contributed by atoms with Crippen molar-refractivity contribution in [3.8, 4) is 5.75 Å². The zero-order valence-corrected chi connectivity index (χ0v) is 15.8. The van der Waals surface area contributed by atoms with Gasteiger partial charge in [-0.15, -0.1) is 10.2 Å². The van der Waals surface area contributed by atoms with Gasteiger partial charge in [0.2, 0.25) is 11.0 Å². The number of thioether (sulfide) groups is 1. The number of anilines is 3. The molecule has 1 amide bonds. The summed E-state index contributed by atoms with van der Waals surface area (Å²) in [5.41, 5.74) is 1.70. The zero-order chi connectivity index (χ0) is 18.2. The average Bonchev–Trinajstić information content (AvgIpc) is 3.10. The van der Waals surface area contributed by atoms with E-state index in [1.165, 1.54) is 23.1 Å². The van der Waals surface area contributed by atoms with E-state index in [9.17, 15) is 4.79 Å². The van der Waals surface area contributed by atoms with Gasteiger partial charge >= 0.3 is 0 Å². The Hall–Kier alpha value is -2.58. The van der Waals surface area contributed by atoms with E-state index in [1.54, 1.807) is 7.11 Å². The molecule has 3 rings (SSSR count). The maximum atomic E-state index is 11.9. The van der Waals surface area contributed by atoms with E-state index < -0.39 is 0 Å². The molecular weight excluding hydrogens is 368 g/mol. The molecule has 134 valence electrons. The van der Waals surface area contributed by atoms with Crippen LogP contribution in [0.3, 0.4) is 0 Å². The smallest absolute Gasteiger partial charge is 0.225 e. The number of aromatic nitrogens is 2. The van der Waals surface area contributed by atoms with Gasteiger partial charge in [0.25, 0.3) is 0 Å². The van der Waals surface area contributed by atoms with E-state index >= 15 is 0 Å². The van der Waals surface area contributed by atoms with Crippen molar-refractivity contribution in [1.29, 1.82) is 0 Å². The van der Waals surface area contributed by atoms with Gasteiger partial charge in [-0.25, -0.2) is 0 Å². The Morgan fingerprint density at radius 1 is 1.12 bits per heavy atom. The molecule has 1 aromatic heterocycles. The Morgan fingerprint density at radius 3 is 2.73 bits per heavy atom. The van der Waals surface area contributed by atoms with E-state index in [1.807, 2.05) is 54.6 Å². The molecule has 2 N–H and O–H groups in total. The molecule has 0 spiro atoms. The fourth-order valence-corrected chi connectivity index (χ4v) is 3.90. The van der Waals surface area contributed by atoms with Crippen molar-refractivity contribution in [2.75, 3.05) is 23.5 Å². The summed E-state index contributed by atoms with van der Waals surface area (Å²) in [4.78, 5) is 11.9.